The van der Waals surface area contributed by atoms with Gasteiger partial charge in [-0.3, -0.25) is 0 Å². The quantitative estimate of drug-likeness (QED) is 0.891. The van der Waals surface area contributed by atoms with E-state index in [0.717, 1.165) is 10.0 Å². The highest BCUT2D eigenvalue weighted by Gasteiger charge is 2.27. The number of hydrogen-bond acceptors (Lipinski definition) is 4. The van der Waals surface area contributed by atoms with E-state index in [9.17, 15) is 8.42 Å². The summed E-state index contributed by atoms with van der Waals surface area (Å²) in [5, 5.41) is 3.62. The molecule has 0 amide bonds. The average Bonchev–Trinajstić information content (AvgIpc) is 2.79. The van der Waals surface area contributed by atoms with Crippen LogP contribution in [0.1, 0.15) is 25.1 Å². The van der Waals surface area contributed by atoms with Crippen LogP contribution in [0.4, 0.5) is 0 Å². The van der Waals surface area contributed by atoms with Crippen LogP contribution in [0.3, 0.4) is 0 Å². The summed E-state index contributed by atoms with van der Waals surface area (Å²) in [4.78, 5) is 0. The number of hydrogen-bond donors (Lipinski definition) is 1. The van der Waals surface area contributed by atoms with E-state index in [4.69, 9.17) is 0 Å². The second-order valence-electron chi connectivity index (χ2n) is 4.98. The van der Waals surface area contributed by atoms with Crippen LogP contribution < -0.4 is 4.72 Å². The maximum absolute atomic E-state index is 12.2. The van der Waals surface area contributed by atoms with Gasteiger partial charge >= 0.3 is 0 Å². The van der Waals surface area contributed by atoms with Crippen molar-refractivity contribution in [1.82, 2.24) is 9.88 Å². The van der Waals surface area contributed by atoms with Gasteiger partial charge in [0.2, 0.25) is 10.0 Å². The predicted octanol–water partition coefficient (Wildman–Crippen LogP) is 2.79. The van der Waals surface area contributed by atoms with Gasteiger partial charge in [0, 0.05) is 10.5 Å². The first-order valence-corrected chi connectivity index (χ1v) is 8.40. The third kappa shape index (κ3) is 3.91. The Morgan fingerprint density at radius 1 is 1.25 bits per heavy atom. The fourth-order valence-electron chi connectivity index (χ4n) is 1.86. The van der Waals surface area contributed by atoms with Crippen molar-refractivity contribution >= 4 is 26.0 Å². The van der Waals surface area contributed by atoms with E-state index < -0.39 is 15.6 Å². The number of benzene rings is 1. The van der Waals surface area contributed by atoms with Crippen LogP contribution in [0, 0.1) is 0 Å². The Morgan fingerprint density at radius 2 is 1.90 bits per heavy atom. The summed E-state index contributed by atoms with van der Waals surface area (Å²) < 4.78 is 32.6. The molecule has 0 saturated carbocycles. The Labute approximate surface area is 126 Å². The van der Waals surface area contributed by atoms with E-state index in [1.165, 1.54) is 12.3 Å². The summed E-state index contributed by atoms with van der Waals surface area (Å²) in [7, 11) is -3.50. The minimum atomic E-state index is -3.50. The topological polar surface area (TPSA) is 72.2 Å². The Morgan fingerprint density at radius 3 is 2.45 bits per heavy atom. The van der Waals surface area contributed by atoms with Crippen molar-refractivity contribution in [3.8, 4) is 0 Å². The van der Waals surface area contributed by atoms with Gasteiger partial charge in [-0.2, -0.15) is 0 Å². The van der Waals surface area contributed by atoms with Gasteiger partial charge < -0.3 is 4.52 Å². The molecule has 1 N–H and O–H groups in total. The van der Waals surface area contributed by atoms with E-state index in [-0.39, 0.29) is 5.75 Å². The third-order valence-corrected chi connectivity index (χ3v) is 4.83. The molecule has 0 atom stereocenters. The molecule has 1 aromatic carbocycles. The monoisotopic (exact) mass is 358 g/mol. The second-order valence-corrected chi connectivity index (χ2v) is 7.62. The fourth-order valence-corrected chi connectivity index (χ4v) is 3.63. The van der Waals surface area contributed by atoms with Crippen molar-refractivity contribution in [2.75, 3.05) is 0 Å². The molecule has 1 aromatic heterocycles. The molecule has 0 radical (unpaired) electrons. The first-order valence-electron chi connectivity index (χ1n) is 5.95. The Kier molecular flexibility index (Phi) is 4.31. The van der Waals surface area contributed by atoms with Crippen LogP contribution in [-0.2, 0) is 21.3 Å². The van der Waals surface area contributed by atoms with Gasteiger partial charge in [0.05, 0.1) is 11.2 Å². The molecule has 0 unspecified atom stereocenters. The highest BCUT2D eigenvalue weighted by molar-refractivity contribution is 9.10. The molecule has 20 heavy (non-hydrogen) atoms. The SMILES string of the molecule is CC(C)(NS(=O)(=O)Cc1ccon1)c1ccc(Br)cc1. The summed E-state index contributed by atoms with van der Waals surface area (Å²) in [6.45, 7) is 3.63. The minimum absolute atomic E-state index is 0.205. The van der Waals surface area contributed by atoms with E-state index in [1.807, 2.05) is 38.1 Å². The molecule has 0 aliphatic heterocycles. The zero-order chi connectivity index (χ0) is 14.8. The lowest BCUT2D eigenvalue weighted by molar-refractivity contribution is 0.413. The maximum atomic E-state index is 12.2. The van der Waals surface area contributed by atoms with Gasteiger partial charge in [-0.05, 0) is 31.5 Å². The van der Waals surface area contributed by atoms with Gasteiger partial charge in [0.15, 0.2) is 0 Å². The number of nitrogens with one attached hydrogen (secondary N) is 1. The zero-order valence-electron chi connectivity index (χ0n) is 11.1. The third-order valence-electron chi connectivity index (χ3n) is 2.81. The van der Waals surface area contributed by atoms with Gasteiger partial charge in [-0.25, -0.2) is 13.1 Å². The van der Waals surface area contributed by atoms with Crippen molar-refractivity contribution in [3.63, 3.8) is 0 Å². The molecular weight excluding hydrogens is 344 g/mol. The molecule has 108 valence electrons. The molecule has 0 aliphatic carbocycles. The summed E-state index contributed by atoms with van der Waals surface area (Å²) >= 11 is 3.36. The van der Waals surface area contributed by atoms with Crippen molar-refractivity contribution in [2.24, 2.45) is 0 Å². The molecule has 7 heteroatoms. The lowest BCUT2D eigenvalue weighted by atomic mass is 9.96. The van der Waals surface area contributed by atoms with Crippen LogP contribution in [0.15, 0.2) is 45.6 Å². The lowest BCUT2D eigenvalue weighted by Gasteiger charge is -2.26. The summed E-state index contributed by atoms with van der Waals surface area (Å²) in [5.74, 6) is -0.205. The summed E-state index contributed by atoms with van der Waals surface area (Å²) in [6.07, 6.45) is 1.35. The minimum Gasteiger partial charge on any atom is -0.364 e. The Balaban J connectivity index is 2.16. The number of nitrogens with zero attached hydrogens (tertiary/aromatic N) is 1. The highest BCUT2D eigenvalue weighted by Crippen LogP contribution is 2.23. The summed E-state index contributed by atoms with van der Waals surface area (Å²) in [6, 6.07) is 9.04. The van der Waals surface area contributed by atoms with E-state index in [2.05, 4.69) is 30.3 Å². The predicted molar refractivity (Wildman–Crippen MR) is 79.4 cm³/mol. The molecule has 2 rings (SSSR count). The van der Waals surface area contributed by atoms with E-state index in [1.54, 1.807) is 0 Å². The smallest absolute Gasteiger partial charge is 0.218 e. The van der Waals surface area contributed by atoms with Crippen LogP contribution in [0.5, 0.6) is 0 Å². The van der Waals surface area contributed by atoms with Crippen molar-refractivity contribution in [3.05, 3.63) is 52.3 Å². The van der Waals surface area contributed by atoms with Crippen molar-refractivity contribution in [2.45, 2.75) is 25.1 Å². The summed E-state index contributed by atoms with van der Waals surface area (Å²) in [5.41, 5.74) is 0.553. The fraction of sp³-hybridized carbons (Fsp3) is 0.308. The molecule has 0 bridgehead atoms. The molecule has 0 saturated heterocycles. The molecule has 0 fully saturated rings. The van der Waals surface area contributed by atoms with Crippen LogP contribution in [0.25, 0.3) is 0 Å². The van der Waals surface area contributed by atoms with Crippen LogP contribution in [-0.4, -0.2) is 13.6 Å². The average molecular weight is 359 g/mol. The zero-order valence-corrected chi connectivity index (χ0v) is 13.5. The van der Waals surface area contributed by atoms with Crippen molar-refractivity contribution < 1.29 is 12.9 Å². The van der Waals surface area contributed by atoms with Crippen LogP contribution in [0.2, 0.25) is 0 Å². The number of halogens is 1. The van der Waals surface area contributed by atoms with E-state index >= 15 is 0 Å². The van der Waals surface area contributed by atoms with Gasteiger partial charge in [-0.1, -0.05) is 33.2 Å². The Bertz CT molecular complexity index is 664. The molecular formula is C13H15BrN2O3S. The Hall–Kier alpha value is -1.18. The molecule has 1 heterocycles. The first-order chi connectivity index (χ1) is 9.28. The molecule has 0 spiro atoms. The van der Waals surface area contributed by atoms with Crippen LogP contribution >= 0.6 is 15.9 Å². The molecule has 5 nitrogen and oxygen atoms in total. The standard InChI is InChI=1S/C13H15BrN2O3S/c1-13(2,10-3-5-11(14)6-4-10)16-20(17,18)9-12-7-8-19-15-12/h3-8,16H,9H2,1-2H3. The maximum Gasteiger partial charge on any atom is 0.218 e. The molecule has 0 aliphatic rings. The van der Waals surface area contributed by atoms with Crippen molar-refractivity contribution in [1.29, 1.82) is 0 Å². The first kappa shape index (κ1) is 15.2. The highest BCUT2D eigenvalue weighted by atomic mass is 79.9. The molecule has 2 aromatic rings. The lowest BCUT2D eigenvalue weighted by Crippen LogP contribution is -2.41. The number of rotatable bonds is 5. The largest absolute Gasteiger partial charge is 0.364 e. The second kappa shape index (κ2) is 5.67. The van der Waals surface area contributed by atoms with Gasteiger partial charge in [0.25, 0.3) is 0 Å². The van der Waals surface area contributed by atoms with E-state index in [0.29, 0.717) is 5.69 Å². The normalized spacial score (nSPS) is 12.6. The number of aromatic nitrogens is 1. The van der Waals surface area contributed by atoms with Gasteiger partial charge in [-0.15, -0.1) is 0 Å². The number of sulfonamides is 1. The van der Waals surface area contributed by atoms with Gasteiger partial charge in [0.1, 0.15) is 12.0 Å².